The van der Waals surface area contributed by atoms with Crippen LogP contribution < -0.4 is 10.5 Å². The second-order valence-corrected chi connectivity index (χ2v) is 8.98. The number of rotatable bonds is 9. The molecule has 0 unspecified atom stereocenters. The van der Waals surface area contributed by atoms with Crippen LogP contribution >= 0.6 is 0 Å². The highest BCUT2D eigenvalue weighted by Gasteiger charge is 2.18. The highest BCUT2D eigenvalue weighted by molar-refractivity contribution is 6.18. The zero-order valence-corrected chi connectivity index (χ0v) is 20.0. The predicted molar refractivity (Wildman–Crippen MR) is 143 cm³/mol. The third-order valence-corrected chi connectivity index (χ3v) is 6.56. The number of ether oxygens (including phenoxy) is 1. The molecule has 0 aliphatic carbocycles. The van der Waals surface area contributed by atoms with E-state index in [4.69, 9.17) is 10.5 Å². The first kappa shape index (κ1) is 22.7. The smallest absolute Gasteiger partial charge is 0.249 e. The molecule has 0 aliphatic heterocycles. The van der Waals surface area contributed by atoms with Crippen molar-refractivity contribution in [2.24, 2.45) is 5.73 Å². The fraction of sp³-hybridized carbons (Fsp3) is 0.194. The van der Waals surface area contributed by atoms with Gasteiger partial charge in [0.05, 0.1) is 12.1 Å². The Labute approximate surface area is 205 Å². The molecule has 4 aromatic carbocycles. The number of nitrogens with zero attached hydrogens (tertiary/aromatic N) is 1. The number of benzene rings is 4. The first-order valence-corrected chi connectivity index (χ1v) is 12.3. The number of hydrogen-bond donors (Lipinski definition) is 1. The van der Waals surface area contributed by atoms with Crippen LogP contribution in [0.25, 0.3) is 21.8 Å². The summed E-state index contributed by atoms with van der Waals surface area (Å²) in [6.07, 6.45) is 4.63. The molecule has 0 aliphatic rings. The third-order valence-electron chi connectivity index (χ3n) is 6.56. The van der Waals surface area contributed by atoms with Gasteiger partial charge >= 0.3 is 0 Å². The number of fused-ring (bicyclic) bond motifs is 3. The molecule has 0 saturated heterocycles. The van der Waals surface area contributed by atoms with Gasteiger partial charge in [0.1, 0.15) is 11.5 Å². The number of primary amides is 1. The van der Waals surface area contributed by atoms with Gasteiger partial charge in [-0.05, 0) is 54.8 Å². The molecule has 4 heteroatoms. The van der Waals surface area contributed by atoms with Crippen LogP contribution in [0.2, 0.25) is 0 Å². The lowest BCUT2D eigenvalue weighted by atomic mass is 10.0. The largest absolute Gasteiger partial charge is 0.457 e. The van der Waals surface area contributed by atoms with E-state index in [2.05, 4.69) is 41.8 Å². The Balaban J connectivity index is 1.64. The van der Waals surface area contributed by atoms with Crippen molar-refractivity contribution >= 4 is 27.7 Å². The highest BCUT2D eigenvalue weighted by Crippen LogP contribution is 2.35. The van der Waals surface area contributed by atoms with E-state index in [-0.39, 0.29) is 0 Å². The normalized spacial score (nSPS) is 11.2. The number of hydrogen-bond acceptors (Lipinski definition) is 2. The number of para-hydroxylation sites is 2. The highest BCUT2D eigenvalue weighted by atomic mass is 16.5. The van der Waals surface area contributed by atoms with Crippen molar-refractivity contribution in [2.45, 2.75) is 39.2 Å². The van der Waals surface area contributed by atoms with Gasteiger partial charge in [-0.25, -0.2) is 0 Å². The van der Waals surface area contributed by atoms with Crippen LogP contribution in [0.3, 0.4) is 0 Å². The Kier molecular flexibility index (Phi) is 6.53. The van der Waals surface area contributed by atoms with E-state index in [1.165, 1.54) is 24.8 Å². The molecule has 5 aromatic rings. The van der Waals surface area contributed by atoms with E-state index in [1.807, 2.05) is 60.7 Å². The van der Waals surface area contributed by atoms with Gasteiger partial charge in [0, 0.05) is 27.4 Å². The fourth-order valence-corrected chi connectivity index (χ4v) is 4.82. The first-order valence-electron chi connectivity index (χ1n) is 12.3. The number of nitrogens with two attached hydrogens (primary N) is 1. The Morgan fingerprint density at radius 1 is 0.857 bits per heavy atom. The topological polar surface area (TPSA) is 57.2 Å². The van der Waals surface area contributed by atoms with Gasteiger partial charge in [0.15, 0.2) is 0 Å². The maximum absolute atomic E-state index is 12.3. The molecule has 176 valence electrons. The van der Waals surface area contributed by atoms with E-state index >= 15 is 0 Å². The van der Waals surface area contributed by atoms with Gasteiger partial charge < -0.3 is 15.0 Å². The quantitative estimate of drug-likeness (QED) is 0.231. The SMILES string of the molecule is CCCCCc1ccc2c3c(C(N)=O)cccc3n(Cc3ccccc3Oc3ccccc3)c2c1. The van der Waals surface area contributed by atoms with Crippen molar-refractivity contribution in [3.05, 3.63) is 108 Å². The monoisotopic (exact) mass is 462 g/mol. The van der Waals surface area contributed by atoms with Gasteiger partial charge in [-0.2, -0.15) is 0 Å². The molecule has 0 bridgehead atoms. The van der Waals surface area contributed by atoms with Crippen LogP contribution in [0.15, 0.2) is 91.0 Å². The lowest BCUT2D eigenvalue weighted by Crippen LogP contribution is -2.11. The molecule has 1 amide bonds. The number of aromatic nitrogens is 1. The molecule has 1 heterocycles. The lowest BCUT2D eigenvalue weighted by molar-refractivity contribution is 0.100. The summed E-state index contributed by atoms with van der Waals surface area (Å²) in [4.78, 5) is 12.3. The summed E-state index contributed by atoms with van der Waals surface area (Å²) in [5, 5.41) is 1.96. The molecule has 35 heavy (non-hydrogen) atoms. The van der Waals surface area contributed by atoms with Crippen molar-refractivity contribution in [2.75, 3.05) is 0 Å². The van der Waals surface area contributed by atoms with Gasteiger partial charge in [-0.3, -0.25) is 4.79 Å². The Morgan fingerprint density at radius 2 is 1.66 bits per heavy atom. The van der Waals surface area contributed by atoms with Crippen LogP contribution in [-0.4, -0.2) is 10.5 Å². The zero-order chi connectivity index (χ0) is 24.2. The van der Waals surface area contributed by atoms with Crippen molar-refractivity contribution in [1.29, 1.82) is 0 Å². The summed E-state index contributed by atoms with van der Waals surface area (Å²) in [5.41, 5.74) is 10.8. The summed E-state index contributed by atoms with van der Waals surface area (Å²) < 4.78 is 8.53. The molecule has 5 rings (SSSR count). The summed E-state index contributed by atoms with van der Waals surface area (Å²) >= 11 is 0. The van der Waals surface area contributed by atoms with Crippen molar-refractivity contribution in [1.82, 2.24) is 4.57 Å². The average molecular weight is 463 g/mol. The van der Waals surface area contributed by atoms with Crippen LogP contribution in [0, 0.1) is 0 Å². The molecule has 4 nitrogen and oxygen atoms in total. The summed E-state index contributed by atoms with van der Waals surface area (Å²) in [7, 11) is 0. The second-order valence-electron chi connectivity index (χ2n) is 8.98. The van der Waals surface area contributed by atoms with Crippen molar-refractivity contribution < 1.29 is 9.53 Å². The van der Waals surface area contributed by atoms with E-state index in [9.17, 15) is 4.79 Å². The first-order chi connectivity index (χ1) is 17.2. The summed E-state index contributed by atoms with van der Waals surface area (Å²) in [6.45, 7) is 2.84. The molecule has 0 spiro atoms. The maximum atomic E-state index is 12.3. The van der Waals surface area contributed by atoms with Crippen molar-refractivity contribution in [3.8, 4) is 11.5 Å². The molecular formula is C31H30N2O2. The molecule has 2 N–H and O–H groups in total. The molecule has 0 atom stereocenters. The van der Waals surface area contributed by atoms with Gasteiger partial charge in [0.2, 0.25) is 5.91 Å². The number of amides is 1. The minimum atomic E-state index is -0.408. The standard InChI is InChI=1S/C31H30N2O2/c1-2-3-5-11-22-18-19-25-28(20-22)33(27-16-10-15-26(30(25)27)31(32)34)21-23-12-8-9-17-29(23)35-24-13-6-4-7-14-24/h4,6-10,12-20H,2-3,5,11,21H2,1H3,(H2,32,34). The molecule has 0 fully saturated rings. The van der Waals surface area contributed by atoms with E-state index in [0.29, 0.717) is 12.1 Å². The predicted octanol–water partition coefficient (Wildman–Crippen LogP) is 7.47. The maximum Gasteiger partial charge on any atom is 0.249 e. The Morgan fingerprint density at radius 3 is 2.46 bits per heavy atom. The number of unbranched alkanes of at least 4 members (excludes halogenated alkanes) is 2. The van der Waals surface area contributed by atoms with Crippen LogP contribution in [-0.2, 0) is 13.0 Å². The minimum absolute atomic E-state index is 0.408. The molecule has 1 aromatic heterocycles. The average Bonchev–Trinajstić information content (AvgIpc) is 3.19. The molecule has 0 radical (unpaired) electrons. The van der Waals surface area contributed by atoms with Crippen LogP contribution in [0.5, 0.6) is 11.5 Å². The van der Waals surface area contributed by atoms with Gasteiger partial charge in [-0.1, -0.05) is 74.4 Å². The van der Waals surface area contributed by atoms with Gasteiger partial charge in [-0.15, -0.1) is 0 Å². The summed E-state index contributed by atoms with van der Waals surface area (Å²) in [6, 6.07) is 30.4. The number of carbonyl (C=O) groups excluding carboxylic acids is 1. The van der Waals surface area contributed by atoms with Gasteiger partial charge in [0.25, 0.3) is 0 Å². The molecular weight excluding hydrogens is 432 g/mol. The zero-order valence-electron chi connectivity index (χ0n) is 20.0. The number of carbonyl (C=O) groups is 1. The molecule has 0 saturated carbocycles. The second kappa shape index (κ2) is 10.1. The van der Waals surface area contributed by atoms with E-state index < -0.39 is 5.91 Å². The number of aryl methyl sites for hydroxylation is 1. The minimum Gasteiger partial charge on any atom is -0.457 e. The van der Waals surface area contributed by atoms with E-state index in [0.717, 1.165) is 45.3 Å². The Hall–Kier alpha value is -4.05. The van der Waals surface area contributed by atoms with E-state index in [1.54, 1.807) is 0 Å². The van der Waals surface area contributed by atoms with Crippen LogP contribution in [0.4, 0.5) is 0 Å². The lowest BCUT2D eigenvalue weighted by Gasteiger charge is -2.14. The fourth-order valence-electron chi connectivity index (χ4n) is 4.82. The van der Waals surface area contributed by atoms with Crippen LogP contribution in [0.1, 0.15) is 47.7 Å². The third kappa shape index (κ3) is 4.65. The Bertz CT molecular complexity index is 1480. The van der Waals surface area contributed by atoms with Crippen molar-refractivity contribution in [3.63, 3.8) is 0 Å². The summed E-state index contributed by atoms with van der Waals surface area (Å²) in [5.74, 6) is 1.21.